The number of carbonyl (C=O) groups excluding carboxylic acids is 1. The van der Waals surface area contributed by atoms with Crippen LogP contribution in [0.1, 0.15) is 20.8 Å². The van der Waals surface area contributed by atoms with E-state index < -0.39 is 0 Å². The van der Waals surface area contributed by atoms with Crippen molar-refractivity contribution in [2.75, 3.05) is 25.2 Å². The molecule has 0 spiro atoms. The van der Waals surface area contributed by atoms with E-state index in [1.807, 2.05) is 31.9 Å². The monoisotopic (exact) mass is 246 g/mol. The van der Waals surface area contributed by atoms with Crippen molar-refractivity contribution >= 4 is 17.8 Å². The SMILES string of the molecule is CSCC(C)NC(=O)N1CCOC(C)C1C. The molecular formula is C11H22N2O2S. The molecule has 3 unspecified atom stereocenters. The molecule has 0 bridgehead atoms. The van der Waals surface area contributed by atoms with Gasteiger partial charge in [-0.2, -0.15) is 11.8 Å². The Hall–Kier alpha value is -0.420. The Balaban J connectivity index is 2.46. The number of carbonyl (C=O) groups is 1. The van der Waals surface area contributed by atoms with Gasteiger partial charge < -0.3 is 15.0 Å². The fourth-order valence-corrected chi connectivity index (χ4v) is 2.39. The number of ether oxygens (including phenoxy) is 1. The van der Waals surface area contributed by atoms with Crippen LogP contribution in [0, 0.1) is 0 Å². The standard InChI is InChI=1S/C11H22N2O2S/c1-8(7-16-4)12-11(14)13-5-6-15-10(3)9(13)2/h8-10H,5-7H2,1-4H3,(H,12,14). The summed E-state index contributed by atoms with van der Waals surface area (Å²) in [6, 6.07) is 0.396. The maximum atomic E-state index is 12.0. The molecule has 1 rings (SSSR count). The number of morpholine rings is 1. The van der Waals surface area contributed by atoms with Gasteiger partial charge in [0.1, 0.15) is 0 Å². The van der Waals surface area contributed by atoms with Gasteiger partial charge >= 0.3 is 6.03 Å². The van der Waals surface area contributed by atoms with Crippen LogP contribution in [0.15, 0.2) is 0 Å². The highest BCUT2D eigenvalue weighted by Crippen LogP contribution is 2.13. The summed E-state index contributed by atoms with van der Waals surface area (Å²) < 4.78 is 5.50. The molecule has 4 nitrogen and oxygen atoms in total. The molecule has 1 N–H and O–H groups in total. The molecule has 94 valence electrons. The van der Waals surface area contributed by atoms with Gasteiger partial charge in [0.25, 0.3) is 0 Å². The van der Waals surface area contributed by atoms with E-state index in [1.165, 1.54) is 0 Å². The second-order valence-electron chi connectivity index (χ2n) is 4.32. The number of thioether (sulfide) groups is 1. The lowest BCUT2D eigenvalue weighted by Gasteiger charge is -2.38. The zero-order chi connectivity index (χ0) is 12.1. The lowest BCUT2D eigenvalue weighted by molar-refractivity contribution is -0.0378. The third kappa shape index (κ3) is 3.56. The van der Waals surface area contributed by atoms with Crippen LogP contribution in [0.2, 0.25) is 0 Å². The topological polar surface area (TPSA) is 41.6 Å². The third-order valence-corrected chi connectivity index (χ3v) is 3.76. The van der Waals surface area contributed by atoms with E-state index in [4.69, 9.17) is 4.74 Å². The smallest absolute Gasteiger partial charge is 0.318 e. The molecule has 0 saturated carbocycles. The van der Waals surface area contributed by atoms with E-state index in [-0.39, 0.29) is 24.2 Å². The van der Waals surface area contributed by atoms with E-state index in [1.54, 1.807) is 11.8 Å². The number of urea groups is 1. The molecule has 0 aromatic heterocycles. The number of hydrogen-bond acceptors (Lipinski definition) is 3. The van der Waals surface area contributed by atoms with Crippen LogP contribution in [-0.4, -0.2) is 54.3 Å². The van der Waals surface area contributed by atoms with Crippen molar-refractivity contribution in [1.29, 1.82) is 0 Å². The fourth-order valence-electron chi connectivity index (χ4n) is 1.81. The predicted octanol–water partition coefficient (Wildman–Crippen LogP) is 1.56. The molecule has 1 saturated heterocycles. The summed E-state index contributed by atoms with van der Waals surface area (Å²) in [5, 5.41) is 3.01. The van der Waals surface area contributed by atoms with Crippen molar-refractivity contribution in [3.8, 4) is 0 Å². The average Bonchev–Trinajstić information content (AvgIpc) is 2.22. The lowest BCUT2D eigenvalue weighted by atomic mass is 10.1. The van der Waals surface area contributed by atoms with Crippen LogP contribution in [0.4, 0.5) is 4.79 Å². The summed E-state index contributed by atoms with van der Waals surface area (Å²) >= 11 is 1.74. The molecule has 1 aliphatic rings. The minimum atomic E-state index is 0.0317. The molecule has 3 atom stereocenters. The van der Waals surface area contributed by atoms with Gasteiger partial charge in [-0.15, -0.1) is 0 Å². The third-order valence-electron chi connectivity index (χ3n) is 2.93. The Morgan fingerprint density at radius 2 is 2.31 bits per heavy atom. The van der Waals surface area contributed by atoms with E-state index in [0.717, 1.165) is 5.75 Å². The van der Waals surface area contributed by atoms with Gasteiger partial charge in [0.15, 0.2) is 0 Å². The van der Waals surface area contributed by atoms with E-state index in [2.05, 4.69) is 5.32 Å². The van der Waals surface area contributed by atoms with Gasteiger partial charge in [-0.3, -0.25) is 0 Å². The van der Waals surface area contributed by atoms with Gasteiger partial charge in [0, 0.05) is 18.3 Å². The Kier molecular flexibility index (Phi) is 5.41. The number of nitrogens with zero attached hydrogens (tertiary/aromatic N) is 1. The second-order valence-corrected chi connectivity index (χ2v) is 5.23. The van der Waals surface area contributed by atoms with Crippen molar-refractivity contribution in [2.24, 2.45) is 0 Å². The quantitative estimate of drug-likeness (QED) is 0.821. The Bertz CT molecular complexity index is 238. The van der Waals surface area contributed by atoms with E-state index in [0.29, 0.717) is 13.2 Å². The van der Waals surface area contributed by atoms with Crippen molar-refractivity contribution < 1.29 is 9.53 Å². The zero-order valence-corrected chi connectivity index (χ0v) is 11.3. The highest BCUT2D eigenvalue weighted by atomic mass is 32.2. The average molecular weight is 246 g/mol. The molecule has 1 heterocycles. The largest absolute Gasteiger partial charge is 0.375 e. The Labute approximate surface area is 102 Å². The molecule has 0 aromatic carbocycles. The molecular weight excluding hydrogens is 224 g/mol. The van der Waals surface area contributed by atoms with Crippen molar-refractivity contribution in [1.82, 2.24) is 10.2 Å². The molecule has 1 aliphatic heterocycles. The van der Waals surface area contributed by atoms with E-state index >= 15 is 0 Å². The number of amides is 2. The minimum absolute atomic E-state index is 0.0317. The molecule has 2 amide bonds. The van der Waals surface area contributed by atoms with Gasteiger partial charge in [-0.1, -0.05) is 0 Å². The lowest BCUT2D eigenvalue weighted by Crippen LogP contribution is -2.55. The highest BCUT2D eigenvalue weighted by molar-refractivity contribution is 7.98. The molecule has 0 aromatic rings. The summed E-state index contributed by atoms with van der Waals surface area (Å²) in [7, 11) is 0. The van der Waals surface area contributed by atoms with Gasteiger partial charge in [-0.05, 0) is 27.0 Å². The molecule has 5 heteroatoms. The fraction of sp³-hybridized carbons (Fsp3) is 0.909. The molecule has 0 aliphatic carbocycles. The first-order valence-electron chi connectivity index (χ1n) is 5.74. The first-order chi connectivity index (χ1) is 7.56. The normalized spacial score (nSPS) is 27.6. The summed E-state index contributed by atoms with van der Waals surface area (Å²) in [4.78, 5) is 13.9. The molecule has 16 heavy (non-hydrogen) atoms. The van der Waals surface area contributed by atoms with Crippen molar-refractivity contribution in [3.63, 3.8) is 0 Å². The summed E-state index contributed by atoms with van der Waals surface area (Å²) in [5.74, 6) is 0.944. The van der Waals surface area contributed by atoms with Crippen LogP contribution in [0.5, 0.6) is 0 Å². The Morgan fingerprint density at radius 3 is 2.94 bits per heavy atom. The van der Waals surface area contributed by atoms with Crippen molar-refractivity contribution in [3.05, 3.63) is 0 Å². The first kappa shape index (κ1) is 13.6. The number of nitrogens with one attached hydrogen (secondary N) is 1. The molecule has 1 fully saturated rings. The maximum Gasteiger partial charge on any atom is 0.318 e. The highest BCUT2D eigenvalue weighted by Gasteiger charge is 2.29. The van der Waals surface area contributed by atoms with Crippen LogP contribution < -0.4 is 5.32 Å². The first-order valence-corrected chi connectivity index (χ1v) is 7.13. The van der Waals surface area contributed by atoms with Crippen LogP contribution >= 0.6 is 11.8 Å². The maximum absolute atomic E-state index is 12.0. The van der Waals surface area contributed by atoms with Crippen LogP contribution in [0.25, 0.3) is 0 Å². The van der Waals surface area contributed by atoms with Crippen molar-refractivity contribution in [2.45, 2.75) is 39.0 Å². The van der Waals surface area contributed by atoms with Crippen LogP contribution in [-0.2, 0) is 4.74 Å². The summed E-state index contributed by atoms with van der Waals surface area (Å²) in [5.41, 5.74) is 0. The molecule has 0 radical (unpaired) electrons. The van der Waals surface area contributed by atoms with Gasteiger partial charge in [-0.25, -0.2) is 4.79 Å². The summed E-state index contributed by atoms with van der Waals surface area (Å²) in [6.45, 7) is 7.39. The Morgan fingerprint density at radius 1 is 1.62 bits per heavy atom. The zero-order valence-electron chi connectivity index (χ0n) is 10.5. The number of hydrogen-bond donors (Lipinski definition) is 1. The minimum Gasteiger partial charge on any atom is -0.375 e. The van der Waals surface area contributed by atoms with Gasteiger partial charge in [0.2, 0.25) is 0 Å². The number of rotatable bonds is 3. The second kappa shape index (κ2) is 6.35. The van der Waals surface area contributed by atoms with Crippen LogP contribution in [0.3, 0.4) is 0 Å². The predicted molar refractivity (Wildman–Crippen MR) is 68.0 cm³/mol. The van der Waals surface area contributed by atoms with Gasteiger partial charge in [0.05, 0.1) is 18.8 Å². The van der Waals surface area contributed by atoms with E-state index in [9.17, 15) is 4.79 Å². The summed E-state index contributed by atoms with van der Waals surface area (Å²) in [6.07, 6.45) is 2.16.